The molecule has 0 atom stereocenters. The van der Waals surface area contributed by atoms with Crippen LogP contribution >= 0.6 is 0 Å². The number of rotatable bonds is 3. The van der Waals surface area contributed by atoms with Crippen LogP contribution in [-0.2, 0) is 16.6 Å². The summed E-state index contributed by atoms with van der Waals surface area (Å²) in [7, 11) is 1.73. The van der Waals surface area contributed by atoms with Crippen LogP contribution in [0.4, 0.5) is 4.79 Å². The number of hydrogen-bond acceptors (Lipinski definition) is 5. The van der Waals surface area contributed by atoms with Crippen molar-refractivity contribution in [3.8, 4) is 5.88 Å². The van der Waals surface area contributed by atoms with Gasteiger partial charge in [0.1, 0.15) is 5.60 Å². The van der Waals surface area contributed by atoms with Crippen LogP contribution in [0.2, 0.25) is 0 Å². The first-order valence-electron chi connectivity index (χ1n) is 7.51. The number of nitrogens with zero attached hydrogens (tertiary/aromatic N) is 3. The molecule has 1 amide bonds. The first-order chi connectivity index (χ1) is 10.6. The number of aliphatic carboxylic acids is 1. The molecule has 1 N–H and O–H groups in total. The second-order valence-electron chi connectivity index (χ2n) is 6.70. The van der Waals surface area contributed by atoms with Gasteiger partial charge in [-0.25, -0.2) is 9.59 Å². The van der Waals surface area contributed by atoms with Gasteiger partial charge >= 0.3 is 12.1 Å². The van der Waals surface area contributed by atoms with Crippen LogP contribution in [0.25, 0.3) is 0 Å². The second-order valence-corrected chi connectivity index (χ2v) is 6.70. The number of likely N-dealkylation sites (tertiary alicyclic amines) is 1. The number of carboxylic acid groups (broad SMARTS) is 1. The lowest BCUT2D eigenvalue weighted by Gasteiger charge is -2.38. The lowest BCUT2D eigenvalue weighted by Crippen LogP contribution is -2.55. The van der Waals surface area contributed by atoms with Gasteiger partial charge < -0.3 is 19.5 Å². The van der Waals surface area contributed by atoms with Gasteiger partial charge in [-0.3, -0.25) is 4.68 Å². The molecule has 8 heteroatoms. The van der Waals surface area contributed by atoms with Crippen molar-refractivity contribution < 1.29 is 24.2 Å². The normalized spacial score (nSPS) is 17.7. The molecule has 23 heavy (non-hydrogen) atoms. The van der Waals surface area contributed by atoms with E-state index in [1.807, 2.05) is 0 Å². The molecule has 0 radical (unpaired) electrons. The molecule has 1 aliphatic rings. The van der Waals surface area contributed by atoms with Gasteiger partial charge in [0.15, 0.2) is 0 Å². The second kappa shape index (κ2) is 6.10. The summed E-state index contributed by atoms with van der Waals surface area (Å²) < 4.78 is 12.5. The molecular weight excluding hydrogens is 302 g/mol. The van der Waals surface area contributed by atoms with Crippen LogP contribution in [0.5, 0.6) is 5.88 Å². The number of carbonyl (C=O) groups is 2. The first kappa shape index (κ1) is 17.1. The lowest BCUT2D eigenvalue weighted by molar-refractivity contribution is -0.160. The SMILES string of the molecule is Cn1ccc(OC2(C(=O)O)CCN(C(=O)OC(C)(C)C)CC2)n1. The monoisotopic (exact) mass is 325 g/mol. The van der Waals surface area contributed by atoms with Crippen molar-refractivity contribution in [2.45, 2.75) is 44.8 Å². The van der Waals surface area contributed by atoms with Crippen LogP contribution in [0.1, 0.15) is 33.6 Å². The summed E-state index contributed by atoms with van der Waals surface area (Å²) in [6.45, 7) is 5.89. The van der Waals surface area contributed by atoms with Gasteiger partial charge in [-0.1, -0.05) is 0 Å². The number of carbonyl (C=O) groups excluding carboxylic acids is 1. The molecule has 1 aromatic heterocycles. The van der Waals surface area contributed by atoms with E-state index < -0.39 is 23.3 Å². The number of hydrogen-bond donors (Lipinski definition) is 1. The summed E-state index contributed by atoms with van der Waals surface area (Å²) >= 11 is 0. The van der Waals surface area contributed by atoms with Crippen molar-refractivity contribution in [1.29, 1.82) is 0 Å². The highest BCUT2D eigenvalue weighted by molar-refractivity contribution is 5.78. The summed E-state index contributed by atoms with van der Waals surface area (Å²) in [5.41, 5.74) is -1.95. The minimum absolute atomic E-state index is 0.179. The molecule has 2 rings (SSSR count). The number of aryl methyl sites for hydroxylation is 1. The van der Waals surface area contributed by atoms with Crippen molar-refractivity contribution in [1.82, 2.24) is 14.7 Å². The van der Waals surface area contributed by atoms with Crippen molar-refractivity contribution in [3.05, 3.63) is 12.3 Å². The van der Waals surface area contributed by atoms with Gasteiger partial charge in [0.2, 0.25) is 11.5 Å². The third kappa shape index (κ3) is 4.14. The highest BCUT2D eigenvalue weighted by Gasteiger charge is 2.46. The maximum absolute atomic E-state index is 12.1. The van der Waals surface area contributed by atoms with E-state index in [-0.39, 0.29) is 31.8 Å². The summed E-state index contributed by atoms with van der Waals surface area (Å²) in [6.07, 6.45) is 1.60. The molecule has 0 aliphatic carbocycles. The molecule has 0 bridgehead atoms. The largest absolute Gasteiger partial charge is 0.478 e. The molecule has 1 aromatic rings. The molecule has 0 unspecified atom stereocenters. The number of ether oxygens (including phenoxy) is 2. The quantitative estimate of drug-likeness (QED) is 0.908. The molecule has 0 spiro atoms. The Kier molecular flexibility index (Phi) is 4.53. The number of carboxylic acids is 1. The smallest absolute Gasteiger partial charge is 0.410 e. The van der Waals surface area contributed by atoms with Crippen molar-refractivity contribution in [2.75, 3.05) is 13.1 Å². The fraction of sp³-hybridized carbons (Fsp3) is 0.667. The molecule has 8 nitrogen and oxygen atoms in total. The zero-order chi connectivity index (χ0) is 17.3. The summed E-state index contributed by atoms with van der Waals surface area (Å²) in [6, 6.07) is 1.62. The average Bonchev–Trinajstić information content (AvgIpc) is 2.82. The van der Waals surface area contributed by atoms with Crippen LogP contribution in [0, 0.1) is 0 Å². The van der Waals surface area contributed by atoms with Crippen molar-refractivity contribution in [2.24, 2.45) is 7.05 Å². The highest BCUT2D eigenvalue weighted by Crippen LogP contribution is 2.29. The zero-order valence-electron chi connectivity index (χ0n) is 13.9. The summed E-state index contributed by atoms with van der Waals surface area (Å²) in [5, 5.41) is 13.6. The fourth-order valence-corrected chi connectivity index (χ4v) is 2.38. The van der Waals surface area contributed by atoms with Gasteiger partial charge in [-0.2, -0.15) is 0 Å². The topological polar surface area (TPSA) is 93.9 Å². The number of aromatic nitrogens is 2. The molecule has 1 aliphatic heterocycles. The van der Waals surface area contributed by atoms with Gasteiger partial charge in [0.25, 0.3) is 0 Å². The van der Waals surface area contributed by atoms with E-state index in [1.165, 1.54) is 4.90 Å². The number of piperidine rings is 1. The predicted octanol–water partition coefficient (Wildman–Crippen LogP) is 1.65. The highest BCUT2D eigenvalue weighted by atomic mass is 16.6. The molecular formula is C15H23N3O5. The molecule has 128 valence electrons. The van der Waals surface area contributed by atoms with Gasteiger partial charge in [0, 0.05) is 45.2 Å². The zero-order valence-corrected chi connectivity index (χ0v) is 13.9. The first-order valence-corrected chi connectivity index (χ1v) is 7.51. The van der Waals surface area contributed by atoms with Crippen LogP contribution in [0.3, 0.4) is 0 Å². The Morgan fingerprint density at radius 3 is 2.35 bits per heavy atom. The van der Waals surface area contributed by atoms with E-state index in [2.05, 4.69) is 5.10 Å². The summed E-state index contributed by atoms with van der Waals surface area (Å²) in [5.74, 6) is -0.785. The van der Waals surface area contributed by atoms with Crippen LogP contribution < -0.4 is 4.74 Å². The van der Waals surface area contributed by atoms with E-state index in [4.69, 9.17) is 9.47 Å². The average molecular weight is 325 g/mol. The number of amides is 1. The molecule has 1 fully saturated rings. The minimum atomic E-state index is -1.37. The Morgan fingerprint density at radius 2 is 1.91 bits per heavy atom. The standard InChI is InChI=1S/C15H23N3O5/c1-14(2,3)23-13(21)18-9-6-15(7-10-18,12(19)20)22-11-5-8-17(4)16-11/h5,8H,6-7,9-10H2,1-4H3,(H,19,20). The van der Waals surface area contributed by atoms with Crippen LogP contribution in [0.15, 0.2) is 12.3 Å². The Labute approximate surface area is 135 Å². The van der Waals surface area contributed by atoms with E-state index in [1.54, 1.807) is 44.8 Å². The fourth-order valence-electron chi connectivity index (χ4n) is 2.38. The van der Waals surface area contributed by atoms with E-state index in [9.17, 15) is 14.7 Å². The van der Waals surface area contributed by atoms with Crippen molar-refractivity contribution in [3.63, 3.8) is 0 Å². The van der Waals surface area contributed by atoms with E-state index >= 15 is 0 Å². The Balaban J connectivity index is 2.03. The van der Waals surface area contributed by atoms with Gasteiger partial charge in [-0.15, -0.1) is 5.10 Å². The molecule has 2 heterocycles. The lowest BCUT2D eigenvalue weighted by atomic mass is 9.91. The minimum Gasteiger partial charge on any atom is -0.478 e. The molecule has 1 saturated heterocycles. The van der Waals surface area contributed by atoms with Crippen LogP contribution in [-0.4, -0.2) is 56.1 Å². The van der Waals surface area contributed by atoms with Gasteiger partial charge in [-0.05, 0) is 20.8 Å². The summed E-state index contributed by atoms with van der Waals surface area (Å²) in [4.78, 5) is 25.3. The van der Waals surface area contributed by atoms with Crippen molar-refractivity contribution >= 4 is 12.1 Å². The van der Waals surface area contributed by atoms with Gasteiger partial charge in [0.05, 0.1) is 0 Å². The molecule has 0 aromatic carbocycles. The van der Waals surface area contributed by atoms with E-state index in [0.717, 1.165) is 0 Å². The third-order valence-corrected chi connectivity index (χ3v) is 3.60. The Morgan fingerprint density at radius 1 is 1.30 bits per heavy atom. The Bertz CT molecular complexity index is 582. The third-order valence-electron chi connectivity index (χ3n) is 3.60. The predicted molar refractivity (Wildman–Crippen MR) is 81.2 cm³/mol. The maximum atomic E-state index is 12.1. The Hall–Kier alpha value is -2.25. The molecule has 0 saturated carbocycles. The maximum Gasteiger partial charge on any atom is 0.410 e. The van der Waals surface area contributed by atoms with E-state index in [0.29, 0.717) is 0 Å².